The van der Waals surface area contributed by atoms with Gasteiger partial charge in [0.05, 0.1) is 32.0 Å². The normalized spacial score (nSPS) is 23.0. The second-order valence-electron chi connectivity index (χ2n) is 27.1. The van der Waals surface area contributed by atoms with Crippen molar-refractivity contribution in [1.29, 1.82) is 0 Å². The minimum absolute atomic E-state index is 0.200. The van der Waals surface area contributed by atoms with E-state index < -0.39 is 86.8 Å². The highest BCUT2D eigenvalue weighted by atomic mass is 16.7. The van der Waals surface area contributed by atoms with Crippen LogP contribution in [0.25, 0.3) is 0 Å². The van der Waals surface area contributed by atoms with Gasteiger partial charge in [-0.3, -0.25) is 4.79 Å². The SMILES string of the molecule is CC/C=C\C/C=C\C/C=C\C/C=C\CCCCCCCCCCCCCCCCCCCCCCCCCCCCCCC(=O)NC(COC1OC(CO)C(OC2OC(CO)C(O)C(O)C2O)C(O)C1O)C(O)CCCCCCCCCCCCCCCCCC. The predicted octanol–water partition coefficient (Wildman–Crippen LogP) is 16.6. The molecule has 2 aliphatic heterocycles. The van der Waals surface area contributed by atoms with Crippen LogP contribution in [0, 0.1) is 0 Å². The van der Waals surface area contributed by atoms with Crippen LogP contribution in [-0.4, -0.2) is 140 Å². The lowest BCUT2D eigenvalue weighted by molar-refractivity contribution is -0.359. The van der Waals surface area contributed by atoms with Gasteiger partial charge in [0, 0.05) is 6.42 Å². The third kappa shape index (κ3) is 45.2. The maximum atomic E-state index is 13.4. The maximum Gasteiger partial charge on any atom is 0.220 e. The third-order valence-electron chi connectivity index (χ3n) is 18.8. The van der Waals surface area contributed by atoms with Crippen LogP contribution in [0.2, 0.25) is 0 Å². The van der Waals surface area contributed by atoms with Gasteiger partial charge in [0.15, 0.2) is 12.6 Å². The zero-order valence-corrected chi connectivity index (χ0v) is 58.3. The van der Waals surface area contributed by atoms with Crippen molar-refractivity contribution in [2.24, 2.45) is 0 Å². The standard InChI is InChI=1S/C77H143NO13/c1-3-5-7-9-11-13-15-17-19-21-22-23-24-25-26-27-28-29-30-31-32-33-34-35-36-37-38-39-40-41-42-43-44-45-47-49-51-53-55-57-59-61-69(82)78-65(66(81)60-58-56-54-52-50-48-46-20-18-16-14-12-10-8-6-4-2)64-88-76-74(87)72(85)75(68(63-80)90-76)91-77-73(86)71(84)70(83)67(62-79)89-77/h5,7,11,13,17,19,22-23,65-68,70-77,79-81,83-87H,3-4,6,8-10,12,14-16,18,20-21,24-64H2,1-2H3,(H,78,82)/b7-5-,13-11-,19-17-,23-22-. The Balaban J connectivity index is 1.53. The number of hydrogen-bond donors (Lipinski definition) is 9. The van der Waals surface area contributed by atoms with Gasteiger partial charge in [0.25, 0.3) is 0 Å². The van der Waals surface area contributed by atoms with Crippen molar-refractivity contribution in [2.45, 2.75) is 415 Å². The lowest BCUT2D eigenvalue weighted by Gasteiger charge is -2.46. The number of carbonyl (C=O) groups excluding carboxylic acids is 1. The molecule has 2 saturated heterocycles. The number of carbonyl (C=O) groups is 1. The fourth-order valence-electron chi connectivity index (χ4n) is 12.8. The zero-order valence-electron chi connectivity index (χ0n) is 58.3. The Morgan fingerprint density at radius 1 is 0.407 bits per heavy atom. The molecular formula is C77H143NO13. The number of hydrogen-bond acceptors (Lipinski definition) is 13. The summed E-state index contributed by atoms with van der Waals surface area (Å²) in [6, 6.07) is -0.827. The van der Waals surface area contributed by atoms with Gasteiger partial charge >= 0.3 is 0 Å². The van der Waals surface area contributed by atoms with Gasteiger partial charge in [0.2, 0.25) is 5.91 Å². The quantitative estimate of drug-likeness (QED) is 0.0204. The molecule has 14 heteroatoms. The number of amides is 1. The molecule has 0 aromatic rings. The van der Waals surface area contributed by atoms with Gasteiger partial charge in [-0.1, -0.05) is 332 Å². The smallest absolute Gasteiger partial charge is 0.220 e. The van der Waals surface area contributed by atoms with E-state index in [4.69, 9.17) is 18.9 Å². The van der Waals surface area contributed by atoms with Gasteiger partial charge in [-0.05, 0) is 51.4 Å². The van der Waals surface area contributed by atoms with E-state index in [1.807, 2.05) is 0 Å². The first-order valence-electron chi connectivity index (χ1n) is 38.4. The van der Waals surface area contributed by atoms with Crippen LogP contribution in [-0.2, 0) is 23.7 Å². The van der Waals surface area contributed by atoms with Crippen LogP contribution >= 0.6 is 0 Å². The Hall–Kier alpha value is -2.05. The summed E-state index contributed by atoms with van der Waals surface area (Å²) < 4.78 is 22.9. The van der Waals surface area contributed by atoms with E-state index in [1.54, 1.807) is 0 Å². The lowest BCUT2D eigenvalue weighted by Crippen LogP contribution is -2.65. The average molecular weight is 1290 g/mol. The van der Waals surface area contributed by atoms with E-state index in [9.17, 15) is 45.6 Å². The molecule has 14 nitrogen and oxygen atoms in total. The second-order valence-corrected chi connectivity index (χ2v) is 27.1. The Kier molecular flexibility index (Phi) is 57.5. The molecule has 2 rings (SSSR count). The Morgan fingerprint density at radius 2 is 0.758 bits per heavy atom. The molecule has 2 fully saturated rings. The van der Waals surface area contributed by atoms with Crippen molar-refractivity contribution >= 4 is 5.91 Å². The van der Waals surface area contributed by atoms with E-state index in [2.05, 4.69) is 67.8 Å². The largest absolute Gasteiger partial charge is 0.394 e. The van der Waals surface area contributed by atoms with Crippen molar-refractivity contribution in [2.75, 3.05) is 19.8 Å². The molecule has 534 valence electrons. The summed E-state index contributed by atoms with van der Waals surface area (Å²) in [5, 5.41) is 87.6. The maximum absolute atomic E-state index is 13.4. The first kappa shape index (κ1) is 85.0. The van der Waals surface area contributed by atoms with Crippen molar-refractivity contribution in [3.63, 3.8) is 0 Å². The molecule has 9 N–H and O–H groups in total. The molecule has 0 spiro atoms. The third-order valence-corrected chi connectivity index (χ3v) is 18.8. The highest BCUT2D eigenvalue weighted by molar-refractivity contribution is 5.76. The van der Waals surface area contributed by atoms with Crippen LogP contribution in [0.5, 0.6) is 0 Å². The van der Waals surface area contributed by atoms with E-state index in [1.165, 1.54) is 238 Å². The van der Waals surface area contributed by atoms with Crippen molar-refractivity contribution in [1.82, 2.24) is 5.32 Å². The fraction of sp³-hybridized carbons (Fsp3) is 0.883. The van der Waals surface area contributed by atoms with Gasteiger partial charge < -0.3 is 65.1 Å². The predicted molar refractivity (Wildman–Crippen MR) is 374 cm³/mol. The van der Waals surface area contributed by atoms with Crippen LogP contribution in [0.4, 0.5) is 0 Å². The molecule has 1 amide bonds. The number of ether oxygens (including phenoxy) is 4. The van der Waals surface area contributed by atoms with Gasteiger partial charge in [0.1, 0.15) is 48.8 Å². The van der Waals surface area contributed by atoms with Crippen LogP contribution in [0.3, 0.4) is 0 Å². The minimum atomic E-state index is -1.78. The summed E-state index contributed by atoms with van der Waals surface area (Å²) in [6.45, 7) is 2.79. The van der Waals surface area contributed by atoms with Crippen molar-refractivity contribution in [3.05, 3.63) is 48.6 Å². The summed E-state index contributed by atoms with van der Waals surface area (Å²) in [5.41, 5.74) is 0. The highest BCUT2D eigenvalue weighted by Gasteiger charge is 2.51. The van der Waals surface area contributed by atoms with Gasteiger partial charge in [-0.2, -0.15) is 0 Å². The first-order valence-corrected chi connectivity index (χ1v) is 38.4. The zero-order chi connectivity index (χ0) is 65.9. The molecule has 91 heavy (non-hydrogen) atoms. The first-order chi connectivity index (χ1) is 44.6. The number of aliphatic hydroxyl groups excluding tert-OH is 8. The van der Waals surface area contributed by atoms with Crippen LogP contribution in [0.15, 0.2) is 48.6 Å². The number of nitrogens with one attached hydrogen (secondary N) is 1. The topological polar surface area (TPSA) is 228 Å². The van der Waals surface area contributed by atoms with Crippen molar-refractivity contribution < 1.29 is 64.6 Å². The van der Waals surface area contributed by atoms with Crippen LogP contribution < -0.4 is 5.32 Å². The number of aliphatic hydroxyl groups is 8. The van der Waals surface area contributed by atoms with Crippen molar-refractivity contribution in [3.8, 4) is 0 Å². The van der Waals surface area contributed by atoms with Crippen LogP contribution in [0.1, 0.15) is 341 Å². The number of unbranched alkanes of at least 4 members (excludes halogenated alkanes) is 43. The molecule has 0 aromatic carbocycles. The van der Waals surface area contributed by atoms with E-state index in [0.717, 1.165) is 77.0 Å². The number of rotatable bonds is 64. The fourth-order valence-corrected chi connectivity index (χ4v) is 12.8. The average Bonchev–Trinajstić information content (AvgIpc) is 1.24. The summed E-state index contributed by atoms with van der Waals surface area (Å²) >= 11 is 0. The summed E-state index contributed by atoms with van der Waals surface area (Å²) in [6.07, 6.45) is 64.5. The Labute approximate surface area is 556 Å². The molecule has 0 saturated carbocycles. The monoisotopic (exact) mass is 1290 g/mol. The number of allylic oxidation sites excluding steroid dienone is 8. The summed E-state index contributed by atoms with van der Waals surface area (Å²) in [7, 11) is 0. The lowest BCUT2D eigenvalue weighted by atomic mass is 9.97. The summed E-state index contributed by atoms with van der Waals surface area (Å²) in [4.78, 5) is 13.4. The molecule has 12 unspecified atom stereocenters. The van der Waals surface area contributed by atoms with Gasteiger partial charge in [-0.15, -0.1) is 0 Å². The molecule has 0 aromatic heterocycles. The molecule has 12 atom stereocenters. The molecule has 2 heterocycles. The Bertz CT molecular complexity index is 1710. The second kappa shape index (κ2) is 61.5. The Morgan fingerprint density at radius 3 is 1.16 bits per heavy atom. The van der Waals surface area contributed by atoms with E-state index in [0.29, 0.717) is 12.8 Å². The van der Waals surface area contributed by atoms with E-state index in [-0.39, 0.29) is 12.5 Å². The minimum Gasteiger partial charge on any atom is -0.394 e. The molecule has 2 aliphatic rings. The molecule has 0 bridgehead atoms. The summed E-state index contributed by atoms with van der Waals surface area (Å²) in [5.74, 6) is -0.200. The van der Waals surface area contributed by atoms with E-state index >= 15 is 0 Å². The van der Waals surface area contributed by atoms with Gasteiger partial charge in [-0.25, -0.2) is 0 Å². The molecular weight excluding hydrogens is 1150 g/mol. The molecule has 0 radical (unpaired) electrons. The molecule has 0 aliphatic carbocycles. The highest BCUT2D eigenvalue weighted by Crippen LogP contribution is 2.30.